The zero-order valence-electron chi connectivity index (χ0n) is 9.87. The van der Waals surface area contributed by atoms with E-state index in [1.54, 1.807) is 24.3 Å². The van der Waals surface area contributed by atoms with Gasteiger partial charge in [-0.05, 0) is 30.3 Å². The molecule has 0 saturated carbocycles. The molecule has 1 heterocycles. The molecular formula is C13H7BrCl2FN3. The number of fused-ring (bicyclic) bond motifs is 1. The average molecular weight is 375 g/mol. The van der Waals surface area contributed by atoms with Crippen LogP contribution in [0.4, 0.5) is 10.3 Å². The van der Waals surface area contributed by atoms with E-state index in [1.165, 1.54) is 10.6 Å². The minimum Gasteiger partial charge on any atom is -0.369 e. The highest BCUT2D eigenvalue weighted by Gasteiger charge is 2.15. The molecule has 2 N–H and O–H groups in total. The van der Waals surface area contributed by atoms with Gasteiger partial charge < -0.3 is 5.73 Å². The van der Waals surface area contributed by atoms with Crippen molar-refractivity contribution in [2.24, 2.45) is 0 Å². The highest BCUT2D eigenvalue weighted by Crippen LogP contribution is 2.32. The standard InChI is InChI=1S/C13H7BrCl2FN3/c14-6-1-2-9(17)11(3-6)20-12-5-8(16)7(15)4-10(12)19-13(20)18/h1-5H,(H2,18,19). The summed E-state index contributed by atoms with van der Waals surface area (Å²) in [5.74, 6) is -0.249. The summed E-state index contributed by atoms with van der Waals surface area (Å²) in [6.07, 6.45) is 0. The predicted octanol–water partition coefficient (Wildman–Crippen LogP) is 4.82. The monoisotopic (exact) mass is 373 g/mol. The Bertz CT molecular complexity index is 832. The fourth-order valence-electron chi connectivity index (χ4n) is 2.00. The van der Waals surface area contributed by atoms with Crippen molar-refractivity contribution in [1.29, 1.82) is 0 Å². The molecule has 0 unspecified atom stereocenters. The number of hydrogen-bond acceptors (Lipinski definition) is 2. The van der Waals surface area contributed by atoms with Crippen molar-refractivity contribution in [2.75, 3.05) is 5.73 Å². The quantitative estimate of drug-likeness (QED) is 0.663. The summed E-state index contributed by atoms with van der Waals surface area (Å²) < 4.78 is 16.3. The molecule has 0 aliphatic heterocycles. The highest BCUT2D eigenvalue weighted by molar-refractivity contribution is 9.10. The lowest BCUT2D eigenvalue weighted by Gasteiger charge is -2.08. The van der Waals surface area contributed by atoms with E-state index in [0.29, 0.717) is 21.1 Å². The fraction of sp³-hybridized carbons (Fsp3) is 0. The van der Waals surface area contributed by atoms with Crippen molar-refractivity contribution < 1.29 is 4.39 Å². The molecule has 2 aromatic carbocycles. The van der Waals surface area contributed by atoms with Crippen molar-refractivity contribution in [3.63, 3.8) is 0 Å². The van der Waals surface area contributed by atoms with E-state index in [9.17, 15) is 4.39 Å². The van der Waals surface area contributed by atoms with Crippen molar-refractivity contribution in [3.8, 4) is 5.69 Å². The Kier molecular flexibility index (Phi) is 3.36. The van der Waals surface area contributed by atoms with Crippen LogP contribution in [0, 0.1) is 5.82 Å². The Balaban J connectivity index is 2.38. The first-order valence-electron chi connectivity index (χ1n) is 5.56. The van der Waals surface area contributed by atoms with E-state index in [-0.39, 0.29) is 11.6 Å². The zero-order chi connectivity index (χ0) is 14.4. The molecule has 0 aliphatic rings. The largest absolute Gasteiger partial charge is 0.369 e. The molecule has 1 aromatic heterocycles. The van der Waals surface area contributed by atoms with Crippen molar-refractivity contribution in [2.45, 2.75) is 0 Å². The van der Waals surface area contributed by atoms with Gasteiger partial charge in [-0.1, -0.05) is 39.1 Å². The first kappa shape index (κ1) is 13.7. The second-order valence-electron chi connectivity index (χ2n) is 4.16. The molecule has 0 spiro atoms. The number of rotatable bonds is 1. The van der Waals surface area contributed by atoms with E-state index in [2.05, 4.69) is 20.9 Å². The summed E-state index contributed by atoms with van der Waals surface area (Å²) in [5, 5.41) is 0.731. The van der Waals surface area contributed by atoms with E-state index >= 15 is 0 Å². The van der Waals surface area contributed by atoms with E-state index in [4.69, 9.17) is 28.9 Å². The summed E-state index contributed by atoms with van der Waals surface area (Å²) in [4.78, 5) is 4.18. The van der Waals surface area contributed by atoms with Crippen LogP contribution >= 0.6 is 39.1 Å². The lowest BCUT2D eigenvalue weighted by atomic mass is 10.2. The van der Waals surface area contributed by atoms with Gasteiger partial charge in [-0.25, -0.2) is 9.37 Å². The van der Waals surface area contributed by atoms with Crippen LogP contribution in [0.2, 0.25) is 10.0 Å². The van der Waals surface area contributed by atoms with Gasteiger partial charge in [0.25, 0.3) is 0 Å². The number of halogens is 4. The molecule has 0 radical (unpaired) electrons. The Morgan fingerprint density at radius 1 is 1.15 bits per heavy atom. The number of nitrogen functional groups attached to an aromatic ring is 1. The SMILES string of the molecule is Nc1nc2cc(Cl)c(Cl)cc2n1-c1cc(Br)ccc1F. The summed E-state index contributed by atoms with van der Waals surface area (Å²) in [6.45, 7) is 0. The van der Waals surface area contributed by atoms with Gasteiger partial charge in [0.15, 0.2) is 0 Å². The van der Waals surface area contributed by atoms with Crippen LogP contribution in [0.5, 0.6) is 0 Å². The summed E-state index contributed by atoms with van der Waals surface area (Å²) in [7, 11) is 0. The molecule has 0 bridgehead atoms. The second-order valence-corrected chi connectivity index (χ2v) is 5.89. The maximum Gasteiger partial charge on any atom is 0.206 e. The fourth-order valence-corrected chi connectivity index (χ4v) is 2.67. The maximum absolute atomic E-state index is 14.0. The van der Waals surface area contributed by atoms with Crippen LogP contribution in [0.3, 0.4) is 0 Å². The highest BCUT2D eigenvalue weighted by atomic mass is 79.9. The van der Waals surface area contributed by atoms with Crippen molar-refractivity contribution in [3.05, 3.63) is 50.7 Å². The Morgan fingerprint density at radius 2 is 1.85 bits per heavy atom. The molecule has 7 heteroatoms. The van der Waals surface area contributed by atoms with Crippen LogP contribution in [0.15, 0.2) is 34.8 Å². The number of aromatic nitrogens is 2. The Morgan fingerprint density at radius 3 is 2.60 bits per heavy atom. The van der Waals surface area contributed by atoms with Gasteiger partial charge in [0.05, 0.1) is 26.8 Å². The molecule has 20 heavy (non-hydrogen) atoms. The summed E-state index contributed by atoms with van der Waals surface area (Å²) in [5.41, 5.74) is 7.32. The number of anilines is 1. The molecule has 3 aromatic rings. The van der Waals surface area contributed by atoms with Crippen molar-refractivity contribution in [1.82, 2.24) is 9.55 Å². The topological polar surface area (TPSA) is 43.8 Å². The van der Waals surface area contributed by atoms with Gasteiger partial charge in [-0.3, -0.25) is 4.57 Å². The van der Waals surface area contributed by atoms with Gasteiger partial charge >= 0.3 is 0 Å². The van der Waals surface area contributed by atoms with Gasteiger partial charge in [-0.15, -0.1) is 0 Å². The summed E-state index contributed by atoms with van der Waals surface area (Å²) >= 11 is 15.3. The normalized spacial score (nSPS) is 11.2. The van der Waals surface area contributed by atoms with Gasteiger partial charge in [0.2, 0.25) is 5.95 Å². The number of hydrogen-bond donors (Lipinski definition) is 1. The molecule has 0 atom stereocenters. The molecular weight excluding hydrogens is 368 g/mol. The Labute approximate surface area is 132 Å². The smallest absolute Gasteiger partial charge is 0.206 e. The number of nitrogens with two attached hydrogens (primary N) is 1. The van der Waals surface area contributed by atoms with Crippen LogP contribution in [0.1, 0.15) is 0 Å². The second kappa shape index (κ2) is 4.91. The average Bonchev–Trinajstić information content (AvgIpc) is 2.69. The first-order valence-corrected chi connectivity index (χ1v) is 7.10. The van der Waals surface area contributed by atoms with Gasteiger partial charge in [0.1, 0.15) is 5.82 Å². The number of nitrogens with zero attached hydrogens (tertiary/aromatic N) is 2. The van der Waals surface area contributed by atoms with E-state index in [0.717, 1.165) is 4.47 Å². The molecule has 0 amide bonds. The molecule has 0 aliphatic carbocycles. The summed E-state index contributed by atoms with van der Waals surface area (Å²) in [6, 6.07) is 7.79. The molecule has 3 rings (SSSR count). The zero-order valence-corrected chi connectivity index (χ0v) is 13.0. The third kappa shape index (κ3) is 2.16. The predicted molar refractivity (Wildman–Crippen MR) is 83.2 cm³/mol. The van der Waals surface area contributed by atoms with Crippen LogP contribution < -0.4 is 5.73 Å². The minimum atomic E-state index is -0.412. The third-order valence-corrected chi connectivity index (χ3v) is 4.09. The van der Waals surface area contributed by atoms with Crippen LogP contribution in [-0.4, -0.2) is 9.55 Å². The lowest BCUT2D eigenvalue weighted by Crippen LogP contribution is -2.03. The van der Waals surface area contributed by atoms with Gasteiger partial charge in [-0.2, -0.15) is 0 Å². The first-order chi connectivity index (χ1) is 9.47. The lowest BCUT2D eigenvalue weighted by molar-refractivity contribution is 0.619. The van der Waals surface area contributed by atoms with E-state index in [1.807, 2.05) is 0 Å². The maximum atomic E-state index is 14.0. The Hall–Kier alpha value is -1.30. The van der Waals surface area contributed by atoms with E-state index < -0.39 is 5.82 Å². The number of imidazole rings is 1. The third-order valence-electron chi connectivity index (χ3n) is 2.87. The van der Waals surface area contributed by atoms with Crippen LogP contribution in [0.25, 0.3) is 16.7 Å². The molecule has 3 nitrogen and oxygen atoms in total. The van der Waals surface area contributed by atoms with Crippen molar-refractivity contribution >= 4 is 56.1 Å². The molecule has 0 fully saturated rings. The molecule has 102 valence electrons. The minimum absolute atomic E-state index is 0.162. The van der Waals surface area contributed by atoms with Gasteiger partial charge in [0, 0.05) is 4.47 Å². The number of benzene rings is 2. The molecule has 0 saturated heterocycles. The van der Waals surface area contributed by atoms with Crippen LogP contribution in [-0.2, 0) is 0 Å².